The molecule has 1 heterocycles. The van der Waals surface area contributed by atoms with E-state index < -0.39 is 23.3 Å². The summed E-state index contributed by atoms with van der Waals surface area (Å²) in [5, 5.41) is 5.55. The third kappa shape index (κ3) is 3.96. The maximum absolute atomic E-state index is 13.2. The minimum atomic E-state index is -1.26. The van der Waals surface area contributed by atoms with Crippen LogP contribution in [0, 0.1) is 11.7 Å². The number of nitrogens with zero attached hydrogens (tertiary/aromatic N) is 1. The molecule has 1 unspecified atom stereocenters. The first-order valence-corrected chi connectivity index (χ1v) is 9.63. The van der Waals surface area contributed by atoms with Gasteiger partial charge in [0, 0.05) is 6.54 Å². The van der Waals surface area contributed by atoms with Crippen molar-refractivity contribution in [3.63, 3.8) is 0 Å². The van der Waals surface area contributed by atoms with Crippen LogP contribution in [0.4, 0.5) is 9.18 Å². The van der Waals surface area contributed by atoms with Crippen LogP contribution in [-0.4, -0.2) is 35.8 Å². The Morgan fingerprint density at radius 2 is 1.89 bits per heavy atom. The van der Waals surface area contributed by atoms with Crippen LogP contribution in [0.1, 0.15) is 51.0 Å². The van der Waals surface area contributed by atoms with E-state index in [1.807, 2.05) is 0 Å². The van der Waals surface area contributed by atoms with Crippen LogP contribution in [0.5, 0.6) is 0 Å². The zero-order chi connectivity index (χ0) is 19.4. The van der Waals surface area contributed by atoms with Gasteiger partial charge in [-0.15, -0.1) is 0 Å². The number of nitrogens with one attached hydrogen (secondary N) is 2. The van der Waals surface area contributed by atoms with E-state index in [-0.39, 0.29) is 12.5 Å². The lowest BCUT2D eigenvalue weighted by atomic mass is 9.87. The van der Waals surface area contributed by atoms with Crippen LogP contribution in [0.2, 0.25) is 0 Å². The Bertz CT molecular complexity index is 716. The summed E-state index contributed by atoms with van der Waals surface area (Å²) in [7, 11) is 0. The number of hydrogen-bond acceptors (Lipinski definition) is 3. The second-order valence-corrected chi connectivity index (χ2v) is 7.40. The molecule has 0 aromatic heterocycles. The molecule has 6 nitrogen and oxygen atoms in total. The molecule has 4 amide bonds. The predicted molar refractivity (Wildman–Crippen MR) is 98.2 cm³/mol. The standard InChI is InChI=1S/C20H26FN3O3/c1-2-20(15-8-10-16(21)11-9-15)18(26)24(19(27)23-20)13-17(25)22-12-14-6-4-3-5-7-14/h8-11,14H,2-7,12-13H2,1H3,(H,22,25)(H,23,27). The summed E-state index contributed by atoms with van der Waals surface area (Å²) in [5.74, 6) is -0.759. The summed E-state index contributed by atoms with van der Waals surface area (Å²) < 4.78 is 13.2. The third-order valence-corrected chi connectivity index (χ3v) is 5.66. The molecule has 146 valence electrons. The number of carbonyl (C=O) groups is 3. The largest absolute Gasteiger partial charge is 0.354 e. The van der Waals surface area contributed by atoms with Gasteiger partial charge in [0.05, 0.1) is 0 Å². The zero-order valence-corrected chi connectivity index (χ0v) is 15.6. The van der Waals surface area contributed by atoms with E-state index >= 15 is 0 Å². The topological polar surface area (TPSA) is 78.5 Å². The van der Waals surface area contributed by atoms with Crippen LogP contribution in [0.3, 0.4) is 0 Å². The highest BCUT2D eigenvalue weighted by atomic mass is 19.1. The maximum Gasteiger partial charge on any atom is 0.325 e. The van der Waals surface area contributed by atoms with Gasteiger partial charge in [-0.2, -0.15) is 0 Å². The van der Waals surface area contributed by atoms with Gasteiger partial charge in [0.15, 0.2) is 0 Å². The van der Waals surface area contributed by atoms with Crippen molar-refractivity contribution in [3.8, 4) is 0 Å². The number of urea groups is 1. The fourth-order valence-corrected chi connectivity index (χ4v) is 3.99. The van der Waals surface area contributed by atoms with E-state index in [4.69, 9.17) is 0 Å². The summed E-state index contributed by atoms with van der Waals surface area (Å²) in [4.78, 5) is 38.6. The van der Waals surface area contributed by atoms with Gasteiger partial charge in [-0.25, -0.2) is 9.18 Å². The number of hydrogen-bond donors (Lipinski definition) is 2. The molecule has 1 saturated carbocycles. The second kappa shape index (κ2) is 8.06. The first-order chi connectivity index (χ1) is 13.0. The quantitative estimate of drug-likeness (QED) is 0.751. The van der Waals surface area contributed by atoms with Gasteiger partial charge in [-0.3, -0.25) is 14.5 Å². The average molecular weight is 375 g/mol. The van der Waals surface area contributed by atoms with Crippen molar-refractivity contribution in [2.24, 2.45) is 5.92 Å². The SMILES string of the molecule is CCC1(c2ccc(F)cc2)NC(=O)N(CC(=O)NCC2CCCCC2)C1=O. The fraction of sp³-hybridized carbons (Fsp3) is 0.550. The minimum Gasteiger partial charge on any atom is -0.354 e. The van der Waals surface area contributed by atoms with E-state index in [1.54, 1.807) is 6.92 Å². The first-order valence-electron chi connectivity index (χ1n) is 9.63. The summed E-state index contributed by atoms with van der Waals surface area (Å²) in [6, 6.07) is 4.89. The lowest BCUT2D eigenvalue weighted by Gasteiger charge is -2.26. The number of halogens is 1. The molecule has 1 aliphatic heterocycles. The fourth-order valence-electron chi connectivity index (χ4n) is 3.99. The van der Waals surface area contributed by atoms with Gasteiger partial charge < -0.3 is 10.6 Å². The van der Waals surface area contributed by atoms with Gasteiger partial charge in [-0.05, 0) is 42.9 Å². The molecule has 1 saturated heterocycles. The van der Waals surface area contributed by atoms with Crippen molar-refractivity contribution in [1.29, 1.82) is 0 Å². The number of carbonyl (C=O) groups excluding carboxylic acids is 3. The van der Waals surface area contributed by atoms with Gasteiger partial charge in [0.2, 0.25) is 5.91 Å². The van der Waals surface area contributed by atoms with Crippen molar-refractivity contribution in [2.75, 3.05) is 13.1 Å². The molecule has 0 bridgehead atoms. The van der Waals surface area contributed by atoms with Gasteiger partial charge in [0.1, 0.15) is 17.9 Å². The molecule has 27 heavy (non-hydrogen) atoms. The molecular weight excluding hydrogens is 349 g/mol. The lowest BCUT2D eigenvalue weighted by molar-refractivity contribution is -0.135. The molecule has 2 fully saturated rings. The summed E-state index contributed by atoms with van der Waals surface area (Å²) in [5.41, 5.74) is -0.746. The number of imide groups is 1. The first kappa shape index (κ1) is 19.3. The molecule has 1 aliphatic carbocycles. The van der Waals surface area contributed by atoms with Crippen molar-refractivity contribution >= 4 is 17.8 Å². The molecule has 1 aromatic carbocycles. The van der Waals surface area contributed by atoms with E-state index in [0.29, 0.717) is 24.4 Å². The van der Waals surface area contributed by atoms with Crippen LogP contribution in [0.15, 0.2) is 24.3 Å². The van der Waals surface area contributed by atoms with Crippen molar-refractivity contribution in [2.45, 2.75) is 51.0 Å². The molecule has 0 radical (unpaired) electrons. The van der Waals surface area contributed by atoms with Gasteiger partial charge in [-0.1, -0.05) is 38.3 Å². The molecule has 7 heteroatoms. The molecule has 2 aliphatic rings. The number of amides is 4. The molecule has 0 spiro atoms. The van der Waals surface area contributed by atoms with E-state index in [2.05, 4.69) is 10.6 Å². The number of benzene rings is 1. The van der Waals surface area contributed by atoms with E-state index in [9.17, 15) is 18.8 Å². The van der Waals surface area contributed by atoms with Crippen LogP contribution >= 0.6 is 0 Å². The third-order valence-electron chi connectivity index (χ3n) is 5.66. The van der Waals surface area contributed by atoms with Crippen LogP contribution < -0.4 is 10.6 Å². The Hall–Kier alpha value is -2.44. The molecule has 1 atom stereocenters. The van der Waals surface area contributed by atoms with Gasteiger partial charge in [0.25, 0.3) is 5.91 Å². The summed E-state index contributed by atoms with van der Waals surface area (Å²) in [6.07, 6.45) is 6.13. The van der Waals surface area contributed by atoms with E-state index in [0.717, 1.165) is 17.7 Å². The Labute approximate surface area is 158 Å². The van der Waals surface area contributed by atoms with Crippen LogP contribution in [-0.2, 0) is 15.1 Å². The maximum atomic E-state index is 13.2. The predicted octanol–water partition coefficient (Wildman–Crippen LogP) is 2.68. The smallest absolute Gasteiger partial charge is 0.325 e. The summed E-state index contributed by atoms with van der Waals surface area (Å²) >= 11 is 0. The van der Waals surface area contributed by atoms with E-state index in [1.165, 1.54) is 43.5 Å². The second-order valence-electron chi connectivity index (χ2n) is 7.40. The highest BCUT2D eigenvalue weighted by molar-refractivity contribution is 6.09. The normalized spacial score (nSPS) is 23.4. The highest BCUT2D eigenvalue weighted by Crippen LogP contribution is 2.32. The van der Waals surface area contributed by atoms with Crippen molar-refractivity contribution in [1.82, 2.24) is 15.5 Å². The minimum absolute atomic E-state index is 0.305. The lowest BCUT2D eigenvalue weighted by Crippen LogP contribution is -2.45. The van der Waals surface area contributed by atoms with Crippen molar-refractivity contribution in [3.05, 3.63) is 35.6 Å². The highest BCUT2D eigenvalue weighted by Gasteiger charge is 2.51. The summed E-state index contributed by atoms with van der Waals surface area (Å²) in [6.45, 7) is 2.05. The average Bonchev–Trinajstić information content (AvgIpc) is 2.93. The van der Waals surface area contributed by atoms with Crippen molar-refractivity contribution < 1.29 is 18.8 Å². The Kier molecular flexibility index (Phi) is 5.77. The molecule has 2 N–H and O–H groups in total. The Morgan fingerprint density at radius 3 is 2.52 bits per heavy atom. The number of rotatable bonds is 6. The molecule has 3 rings (SSSR count). The Morgan fingerprint density at radius 1 is 1.22 bits per heavy atom. The van der Waals surface area contributed by atoms with Crippen LogP contribution in [0.25, 0.3) is 0 Å². The Balaban J connectivity index is 1.65. The zero-order valence-electron chi connectivity index (χ0n) is 15.6. The molecular formula is C20H26FN3O3. The molecule has 1 aromatic rings. The van der Waals surface area contributed by atoms with Gasteiger partial charge >= 0.3 is 6.03 Å². The monoisotopic (exact) mass is 375 g/mol.